The van der Waals surface area contributed by atoms with E-state index >= 15 is 0 Å². The second-order valence-electron chi connectivity index (χ2n) is 2.92. The van der Waals surface area contributed by atoms with Crippen molar-refractivity contribution in [2.24, 2.45) is 0 Å². The van der Waals surface area contributed by atoms with E-state index < -0.39 is 0 Å². The van der Waals surface area contributed by atoms with Crippen LogP contribution in [0.4, 0.5) is 0 Å². The number of rotatable bonds is 2. The predicted molar refractivity (Wildman–Crippen MR) is 60.2 cm³/mol. The summed E-state index contributed by atoms with van der Waals surface area (Å²) in [6, 6.07) is 7.75. The zero-order valence-corrected chi connectivity index (χ0v) is 9.40. The number of phenols is 1. The molecule has 0 aliphatic carbocycles. The lowest BCUT2D eigenvalue weighted by Gasteiger charge is -2.06. The molecule has 6 heteroatoms. The molecule has 0 fully saturated rings. The summed E-state index contributed by atoms with van der Waals surface area (Å²) in [4.78, 5) is 0. The molecule has 82 valence electrons. The number of ether oxygens (including phenoxy) is 1. The van der Waals surface area contributed by atoms with Crippen molar-refractivity contribution in [1.29, 1.82) is 0 Å². The number of hydrogen-bond acceptors (Lipinski definition) is 4. The first-order valence-electron chi connectivity index (χ1n) is 4.31. The Hall–Kier alpha value is -1.52. The molecule has 1 heterocycles. The van der Waals surface area contributed by atoms with Crippen molar-refractivity contribution in [3.05, 3.63) is 40.6 Å². The quantitative estimate of drug-likeness (QED) is 0.896. The lowest BCUT2D eigenvalue weighted by atomic mass is 10.3. The predicted octanol–water partition coefficient (Wildman–Crippen LogP) is 3.28. The molecule has 0 atom stereocenters. The number of nitrogens with zero attached hydrogens (tertiary/aromatic N) is 2. The minimum Gasteiger partial charge on any atom is -0.508 e. The summed E-state index contributed by atoms with van der Waals surface area (Å²) >= 11 is 11.4. The van der Waals surface area contributed by atoms with Gasteiger partial charge in [0.1, 0.15) is 11.5 Å². The molecular weight excluding hydrogens is 251 g/mol. The second kappa shape index (κ2) is 4.55. The first-order chi connectivity index (χ1) is 7.65. The first-order valence-corrected chi connectivity index (χ1v) is 5.06. The van der Waals surface area contributed by atoms with E-state index in [1.807, 2.05) is 0 Å². The average molecular weight is 257 g/mol. The Morgan fingerprint density at radius 3 is 2.69 bits per heavy atom. The lowest BCUT2D eigenvalue weighted by molar-refractivity contribution is 0.453. The summed E-state index contributed by atoms with van der Waals surface area (Å²) < 4.78 is 5.39. The van der Waals surface area contributed by atoms with E-state index in [4.69, 9.17) is 27.9 Å². The molecule has 0 spiro atoms. The SMILES string of the molecule is Oc1cccc(Oc2cc(Cl)nnc2Cl)c1. The van der Waals surface area contributed by atoms with Crippen LogP contribution >= 0.6 is 23.2 Å². The molecule has 0 saturated heterocycles. The van der Waals surface area contributed by atoms with Gasteiger partial charge >= 0.3 is 0 Å². The zero-order valence-electron chi connectivity index (χ0n) is 7.89. The standard InChI is InChI=1S/C10H6Cl2N2O2/c11-9-5-8(10(12)14-13-9)16-7-3-1-2-6(15)4-7/h1-5,15H. The fraction of sp³-hybridized carbons (Fsp3) is 0. The highest BCUT2D eigenvalue weighted by Crippen LogP contribution is 2.30. The number of hydrogen-bond donors (Lipinski definition) is 1. The van der Waals surface area contributed by atoms with Gasteiger partial charge in [0.15, 0.2) is 16.1 Å². The Morgan fingerprint density at radius 1 is 1.12 bits per heavy atom. The van der Waals surface area contributed by atoms with Crippen LogP contribution in [-0.2, 0) is 0 Å². The Balaban J connectivity index is 2.30. The van der Waals surface area contributed by atoms with Gasteiger partial charge in [-0.3, -0.25) is 0 Å². The average Bonchev–Trinajstić information content (AvgIpc) is 2.24. The summed E-state index contributed by atoms with van der Waals surface area (Å²) in [6.07, 6.45) is 0. The minimum atomic E-state index is 0.0988. The van der Waals surface area contributed by atoms with Crippen molar-refractivity contribution >= 4 is 23.2 Å². The van der Waals surface area contributed by atoms with Crippen LogP contribution in [-0.4, -0.2) is 15.3 Å². The van der Waals surface area contributed by atoms with Gasteiger partial charge < -0.3 is 9.84 Å². The molecule has 0 aliphatic rings. The van der Waals surface area contributed by atoms with Crippen molar-refractivity contribution in [3.63, 3.8) is 0 Å². The highest BCUT2D eigenvalue weighted by atomic mass is 35.5. The van der Waals surface area contributed by atoms with E-state index in [0.29, 0.717) is 5.75 Å². The van der Waals surface area contributed by atoms with E-state index in [-0.39, 0.29) is 21.8 Å². The Bertz CT molecular complexity index is 520. The molecular formula is C10H6Cl2N2O2. The first kappa shape index (κ1) is 11.0. The van der Waals surface area contributed by atoms with E-state index in [0.717, 1.165) is 0 Å². The van der Waals surface area contributed by atoms with Crippen molar-refractivity contribution in [3.8, 4) is 17.2 Å². The molecule has 0 amide bonds. The molecule has 1 aromatic carbocycles. The van der Waals surface area contributed by atoms with Crippen molar-refractivity contribution in [1.82, 2.24) is 10.2 Å². The topological polar surface area (TPSA) is 55.2 Å². The van der Waals surface area contributed by atoms with Crippen molar-refractivity contribution in [2.75, 3.05) is 0 Å². The summed E-state index contributed by atoms with van der Waals surface area (Å²) in [5.74, 6) is 0.819. The highest BCUT2D eigenvalue weighted by Gasteiger charge is 2.06. The molecule has 1 aromatic heterocycles. The van der Waals surface area contributed by atoms with Crippen LogP contribution in [0.1, 0.15) is 0 Å². The summed E-state index contributed by atoms with van der Waals surface area (Å²) in [7, 11) is 0. The second-order valence-corrected chi connectivity index (χ2v) is 3.67. The summed E-state index contributed by atoms with van der Waals surface area (Å²) in [5, 5.41) is 16.7. The lowest BCUT2D eigenvalue weighted by Crippen LogP contribution is -1.90. The molecule has 0 unspecified atom stereocenters. The number of aromatic hydroxyl groups is 1. The minimum absolute atomic E-state index is 0.0988. The number of aromatic nitrogens is 2. The van der Waals surface area contributed by atoms with Crippen LogP contribution in [0, 0.1) is 0 Å². The van der Waals surface area contributed by atoms with Crippen LogP contribution in [0.15, 0.2) is 30.3 Å². The van der Waals surface area contributed by atoms with Gasteiger partial charge in [-0.1, -0.05) is 29.3 Å². The molecule has 16 heavy (non-hydrogen) atoms. The third kappa shape index (κ3) is 2.53. The van der Waals surface area contributed by atoms with Gasteiger partial charge in [0.05, 0.1) is 0 Å². The van der Waals surface area contributed by atoms with Gasteiger partial charge in [0.25, 0.3) is 0 Å². The van der Waals surface area contributed by atoms with Crippen LogP contribution in [0.5, 0.6) is 17.2 Å². The van der Waals surface area contributed by atoms with Crippen LogP contribution in [0.3, 0.4) is 0 Å². The smallest absolute Gasteiger partial charge is 0.194 e. The monoisotopic (exact) mass is 256 g/mol. The number of phenolic OH excluding ortho intramolecular Hbond substituents is 1. The van der Waals surface area contributed by atoms with Gasteiger partial charge in [0.2, 0.25) is 0 Å². The zero-order chi connectivity index (χ0) is 11.5. The fourth-order valence-corrected chi connectivity index (χ4v) is 1.35. The molecule has 4 nitrogen and oxygen atoms in total. The van der Waals surface area contributed by atoms with E-state index in [1.165, 1.54) is 18.2 Å². The maximum atomic E-state index is 9.25. The summed E-state index contributed by atoms with van der Waals surface area (Å²) in [6.45, 7) is 0. The van der Waals surface area contributed by atoms with Gasteiger partial charge in [-0.2, -0.15) is 0 Å². The normalized spacial score (nSPS) is 10.1. The van der Waals surface area contributed by atoms with Gasteiger partial charge in [-0.25, -0.2) is 0 Å². The largest absolute Gasteiger partial charge is 0.508 e. The molecule has 2 rings (SSSR count). The number of halogens is 2. The van der Waals surface area contributed by atoms with Gasteiger partial charge in [-0.05, 0) is 12.1 Å². The molecule has 0 radical (unpaired) electrons. The molecule has 1 N–H and O–H groups in total. The third-order valence-electron chi connectivity index (χ3n) is 1.73. The van der Waals surface area contributed by atoms with Crippen LogP contribution in [0.25, 0.3) is 0 Å². The molecule has 0 bridgehead atoms. The number of benzene rings is 1. The van der Waals surface area contributed by atoms with Gasteiger partial charge in [0, 0.05) is 12.1 Å². The highest BCUT2D eigenvalue weighted by molar-refractivity contribution is 6.32. The Labute approximate surface area is 101 Å². The van der Waals surface area contributed by atoms with Crippen LogP contribution in [0.2, 0.25) is 10.3 Å². The summed E-state index contributed by atoms with van der Waals surface area (Å²) in [5.41, 5.74) is 0. The van der Waals surface area contributed by atoms with Crippen molar-refractivity contribution < 1.29 is 9.84 Å². The van der Waals surface area contributed by atoms with E-state index in [1.54, 1.807) is 12.1 Å². The van der Waals surface area contributed by atoms with Crippen LogP contribution < -0.4 is 4.74 Å². The fourth-order valence-electron chi connectivity index (χ4n) is 1.08. The van der Waals surface area contributed by atoms with E-state index in [2.05, 4.69) is 10.2 Å². The Kier molecular flexibility index (Phi) is 3.12. The molecule has 2 aromatic rings. The maximum Gasteiger partial charge on any atom is 0.194 e. The maximum absolute atomic E-state index is 9.25. The van der Waals surface area contributed by atoms with Gasteiger partial charge in [-0.15, -0.1) is 10.2 Å². The van der Waals surface area contributed by atoms with Crippen molar-refractivity contribution in [2.45, 2.75) is 0 Å². The molecule has 0 aliphatic heterocycles. The molecule has 0 saturated carbocycles. The third-order valence-corrected chi connectivity index (χ3v) is 2.18. The Morgan fingerprint density at radius 2 is 1.94 bits per heavy atom. The van der Waals surface area contributed by atoms with E-state index in [9.17, 15) is 5.11 Å².